The summed E-state index contributed by atoms with van der Waals surface area (Å²) >= 11 is 1.86. The fourth-order valence-electron chi connectivity index (χ4n) is 1.17. The molecule has 1 aromatic rings. The first-order valence-electron chi connectivity index (χ1n) is 4.33. The maximum Gasteiger partial charge on any atom is 0.414 e. The van der Waals surface area contributed by atoms with Crippen molar-refractivity contribution in [1.29, 1.82) is 0 Å². The Hall–Kier alpha value is -1.40. The summed E-state index contributed by atoms with van der Waals surface area (Å²) in [4.78, 5) is 19.7. The molecule has 0 amide bonds. The number of nitrogens with one attached hydrogen (secondary N) is 1. The highest BCUT2D eigenvalue weighted by atomic mass is 32.1. The zero-order valence-electron chi connectivity index (χ0n) is 7.90. The van der Waals surface area contributed by atoms with Gasteiger partial charge in [-0.05, 0) is 30.0 Å². The van der Waals surface area contributed by atoms with Crippen LogP contribution in [0.1, 0.15) is 10.4 Å². The molecule has 0 atom stereocenters. The Labute approximate surface area is 90.4 Å². The van der Waals surface area contributed by atoms with E-state index in [9.17, 15) is 0 Å². The Morgan fingerprint density at radius 3 is 2.53 bits per heavy atom. The molecule has 1 aromatic heterocycles. The van der Waals surface area contributed by atoms with Crippen LogP contribution in [-0.2, 0) is 22.6 Å². The van der Waals surface area contributed by atoms with Crippen molar-refractivity contribution in [2.24, 2.45) is 0 Å². The highest BCUT2D eigenvalue weighted by Crippen LogP contribution is 2.19. The normalized spacial score (nSPS) is 13.3. The molecule has 0 saturated carbocycles. The first-order valence-corrected chi connectivity index (χ1v) is 5.21. The lowest BCUT2D eigenvalue weighted by Gasteiger charge is -2.10. The molecule has 0 aromatic carbocycles. The molecule has 1 aliphatic heterocycles. The van der Waals surface area contributed by atoms with Gasteiger partial charge in [-0.1, -0.05) is 0 Å². The molecule has 0 aliphatic carbocycles. The van der Waals surface area contributed by atoms with Gasteiger partial charge in [0.1, 0.15) is 0 Å². The van der Waals surface area contributed by atoms with Crippen LogP contribution in [0.4, 0.5) is 0 Å². The molecule has 1 aliphatic rings. The molecule has 0 fully saturated rings. The average Bonchev–Trinajstić information content (AvgIpc) is 2.66. The summed E-state index contributed by atoms with van der Waals surface area (Å²) in [6, 6.07) is 2.24. The fourth-order valence-corrected chi connectivity index (χ4v) is 2.07. The largest absolute Gasteiger partial charge is 0.473 e. The Morgan fingerprint density at radius 1 is 1.33 bits per heavy atom. The lowest BCUT2D eigenvalue weighted by Crippen LogP contribution is -2.21. The summed E-state index contributed by atoms with van der Waals surface area (Å²) in [5, 5.41) is 20.3. The van der Waals surface area contributed by atoms with Gasteiger partial charge in [-0.25, -0.2) is 9.59 Å². The van der Waals surface area contributed by atoms with E-state index in [4.69, 9.17) is 19.8 Å². The lowest BCUT2D eigenvalue weighted by molar-refractivity contribution is -0.159. The van der Waals surface area contributed by atoms with Crippen LogP contribution >= 0.6 is 11.3 Å². The van der Waals surface area contributed by atoms with Crippen LogP contribution in [0.15, 0.2) is 11.4 Å². The van der Waals surface area contributed by atoms with Crippen LogP contribution in [0.2, 0.25) is 0 Å². The predicted octanol–water partition coefficient (Wildman–Crippen LogP) is 0.549. The maximum absolute atomic E-state index is 9.10. The molecule has 2 heterocycles. The van der Waals surface area contributed by atoms with Gasteiger partial charge in [0.2, 0.25) is 0 Å². The molecule has 6 heteroatoms. The van der Waals surface area contributed by atoms with Gasteiger partial charge in [-0.2, -0.15) is 0 Å². The molecule has 0 unspecified atom stereocenters. The van der Waals surface area contributed by atoms with Crippen molar-refractivity contribution in [2.45, 2.75) is 13.0 Å². The van der Waals surface area contributed by atoms with Crippen LogP contribution < -0.4 is 5.32 Å². The molecule has 82 valence electrons. The van der Waals surface area contributed by atoms with Gasteiger partial charge in [0, 0.05) is 11.4 Å². The van der Waals surface area contributed by atoms with Crippen molar-refractivity contribution in [1.82, 2.24) is 5.32 Å². The first-order chi connectivity index (χ1) is 7.11. The Balaban J connectivity index is 0.000000167. The molecule has 3 N–H and O–H groups in total. The Morgan fingerprint density at radius 2 is 2.00 bits per heavy atom. The van der Waals surface area contributed by atoms with Crippen LogP contribution in [0.5, 0.6) is 0 Å². The molecule has 0 saturated heterocycles. The number of carbonyl (C=O) groups is 2. The van der Waals surface area contributed by atoms with Gasteiger partial charge in [-0.15, -0.1) is 11.3 Å². The number of hydrogen-bond acceptors (Lipinski definition) is 4. The van der Waals surface area contributed by atoms with Gasteiger partial charge < -0.3 is 15.5 Å². The van der Waals surface area contributed by atoms with E-state index in [0.717, 1.165) is 13.1 Å². The molecule has 15 heavy (non-hydrogen) atoms. The van der Waals surface area contributed by atoms with Crippen molar-refractivity contribution in [3.05, 3.63) is 21.9 Å². The van der Waals surface area contributed by atoms with E-state index >= 15 is 0 Å². The van der Waals surface area contributed by atoms with Crippen molar-refractivity contribution in [3.8, 4) is 0 Å². The van der Waals surface area contributed by atoms with Crippen molar-refractivity contribution in [2.75, 3.05) is 6.54 Å². The van der Waals surface area contributed by atoms with Crippen molar-refractivity contribution in [3.63, 3.8) is 0 Å². The van der Waals surface area contributed by atoms with Crippen LogP contribution in [-0.4, -0.2) is 28.7 Å². The fraction of sp³-hybridized carbons (Fsp3) is 0.333. The molecule has 0 spiro atoms. The number of fused-ring (bicyclic) bond motifs is 1. The minimum atomic E-state index is -1.82. The first kappa shape index (κ1) is 11.7. The predicted molar refractivity (Wildman–Crippen MR) is 55.0 cm³/mol. The highest BCUT2D eigenvalue weighted by Gasteiger charge is 2.07. The maximum atomic E-state index is 9.10. The van der Waals surface area contributed by atoms with Crippen LogP contribution in [0.25, 0.3) is 0 Å². The third-order valence-corrected chi connectivity index (χ3v) is 2.84. The van der Waals surface area contributed by atoms with Crippen molar-refractivity contribution >= 4 is 23.3 Å². The molecule has 0 bridgehead atoms. The summed E-state index contributed by atoms with van der Waals surface area (Å²) in [7, 11) is 0. The number of thiophene rings is 1. The average molecular weight is 229 g/mol. The quantitative estimate of drug-likeness (QED) is 0.565. The summed E-state index contributed by atoms with van der Waals surface area (Å²) in [6.07, 6.45) is 1.22. The van der Waals surface area contributed by atoms with Crippen molar-refractivity contribution < 1.29 is 19.8 Å². The van der Waals surface area contributed by atoms with Gasteiger partial charge in [0.05, 0.1) is 0 Å². The van der Waals surface area contributed by atoms with E-state index in [-0.39, 0.29) is 0 Å². The number of carboxylic acid groups (broad SMARTS) is 2. The second-order valence-corrected chi connectivity index (χ2v) is 3.91. The highest BCUT2D eigenvalue weighted by molar-refractivity contribution is 7.10. The number of carboxylic acids is 2. The SMILES string of the molecule is O=C(O)C(=O)O.c1cc2c(s1)CNCC2. The van der Waals surface area contributed by atoms with Crippen LogP contribution in [0, 0.1) is 0 Å². The smallest absolute Gasteiger partial charge is 0.414 e. The zero-order chi connectivity index (χ0) is 11.3. The van der Waals surface area contributed by atoms with Gasteiger partial charge in [-0.3, -0.25) is 0 Å². The molecule has 5 nitrogen and oxygen atoms in total. The van der Waals surface area contributed by atoms with Gasteiger partial charge in [0.15, 0.2) is 0 Å². The van der Waals surface area contributed by atoms with E-state index in [1.165, 1.54) is 11.3 Å². The minimum Gasteiger partial charge on any atom is -0.473 e. The standard InChI is InChI=1S/C7H9NS.C2H2O4/c1-3-8-5-7-6(1)2-4-9-7;3-1(4)2(5)6/h2,4,8H,1,3,5H2;(H,3,4)(H,5,6). The summed E-state index contributed by atoms with van der Waals surface area (Å²) in [6.45, 7) is 2.25. The Kier molecular flexibility index (Phi) is 4.26. The zero-order valence-corrected chi connectivity index (χ0v) is 8.71. The molecular formula is C9H11NO4S. The number of aliphatic carboxylic acids is 2. The number of rotatable bonds is 0. The monoisotopic (exact) mass is 229 g/mol. The lowest BCUT2D eigenvalue weighted by atomic mass is 10.1. The Bertz CT molecular complexity index is 328. The summed E-state index contributed by atoms with van der Waals surface area (Å²) in [5.41, 5.74) is 1.55. The second-order valence-electron chi connectivity index (χ2n) is 2.91. The molecule has 0 radical (unpaired) electrons. The summed E-state index contributed by atoms with van der Waals surface area (Å²) < 4.78 is 0. The van der Waals surface area contributed by atoms with Gasteiger partial charge >= 0.3 is 11.9 Å². The third-order valence-electron chi connectivity index (χ3n) is 1.88. The van der Waals surface area contributed by atoms with E-state index in [1.807, 2.05) is 11.3 Å². The van der Waals surface area contributed by atoms with E-state index < -0.39 is 11.9 Å². The molecule has 2 rings (SSSR count). The summed E-state index contributed by atoms with van der Waals surface area (Å²) in [5.74, 6) is -3.65. The van der Waals surface area contributed by atoms with E-state index in [0.29, 0.717) is 0 Å². The minimum absolute atomic E-state index is 1.09. The van der Waals surface area contributed by atoms with Crippen LogP contribution in [0.3, 0.4) is 0 Å². The molecular weight excluding hydrogens is 218 g/mol. The third kappa shape index (κ3) is 3.69. The second kappa shape index (κ2) is 5.47. The van der Waals surface area contributed by atoms with E-state index in [1.54, 1.807) is 5.56 Å². The number of hydrogen-bond donors (Lipinski definition) is 3. The van der Waals surface area contributed by atoms with E-state index in [2.05, 4.69) is 16.8 Å². The topological polar surface area (TPSA) is 86.6 Å². The van der Waals surface area contributed by atoms with Gasteiger partial charge in [0.25, 0.3) is 0 Å².